The highest BCUT2D eigenvalue weighted by atomic mass is 15.1. The van der Waals surface area contributed by atoms with E-state index in [-0.39, 0.29) is 1.43 Å². The summed E-state index contributed by atoms with van der Waals surface area (Å²) in [5.74, 6) is 0. The number of hydrogen-bond acceptors (Lipinski definition) is 1. The number of aryl methyl sites for hydroxylation is 1. The van der Waals surface area contributed by atoms with E-state index < -0.39 is 0 Å². The molecule has 13 heavy (non-hydrogen) atoms. The predicted octanol–water partition coefficient (Wildman–Crippen LogP) is 3.11. The monoisotopic (exact) mass is 176 g/mol. The van der Waals surface area contributed by atoms with Crippen LogP contribution in [0.5, 0.6) is 0 Å². The van der Waals surface area contributed by atoms with E-state index >= 15 is 0 Å². The topological polar surface area (TPSA) is 28.7 Å². The van der Waals surface area contributed by atoms with Crippen LogP contribution in [0.2, 0.25) is 0 Å². The Morgan fingerprint density at radius 2 is 2.46 bits per heavy atom. The molecule has 1 aromatic rings. The minimum Gasteiger partial charge on any atom is -0.278 e. The summed E-state index contributed by atoms with van der Waals surface area (Å²) in [7, 11) is 0. The first-order chi connectivity index (χ1) is 6.27. The maximum Gasteiger partial charge on any atom is 0.0612 e. The first-order valence-electron chi connectivity index (χ1n) is 4.24. The van der Waals surface area contributed by atoms with Crippen molar-refractivity contribution in [1.82, 2.24) is 10.2 Å². The highest BCUT2D eigenvalue weighted by Gasteiger charge is 1.95. The molecular formula is C11H16N2. The summed E-state index contributed by atoms with van der Waals surface area (Å²) in [5.41, 5.74) is 3.26. The zero-order chi connectivity index (χ0) is 9.68. The molecule has 0 aliphatic carbocycles. The number of hydrogen-bond donors (Lipinski definition) is 1. The molecule has 0 aromatic carbocycles. The molecule has 0 aliphatic rings. The van der Waals surface area contributed by atoms with Gasteiger partial charge in [-0.1, -0.05) is 24.8 Å². The molecule has 0 atom stereocenters. The van der Waals surface area contributed by atoms with Crippen molar-refractivity contribution in [3.8, 4) is 0 Å². The fourth-order valence-electron chi connectivity index (χ4n) is 1.04. The van der Waals surface area contributed by atoms with Crippen LogP contribution >= 0.6 is 0 Å². The van der Waals surface area contributed by atoms with Gasteiger partial charge in [-0.25, -0.2) is 0 Å². The number of nitrogens with one attached hydrogen (secondary N) is 1. The lowest BCUT2D eigenvalue weighted by Gasteiger charge is -1.93. The Balaban J connectivity index is 0.00000169. The van der Waals surface area contributed by atoms with Gasteiger partial charge in [0.2, 0.25) is 0 Å². The van der Waals surface area contributed by atoms with E-state index in [1.54, 1.807) is 0 Å². The van der Waals surface area contributed by atoms with Crippen LogP contribution in [0.25, 0.3) is 6.08 Å². The van der Waals surface area contributed by atoms with E-state index in [0.717, 1.165) is 16.8 Å². The van der Waals surface area contributed by atoms with Crippen molar-refractivity contribution >= 4 is 6.08 Å². The molecule has 0 saturated heterocycles. The van der Waals surface area contributed by atoms with Crippen LogP contribution in [0.1, 0.15) is 19.6 Å². The average Bonchev–Trinajstić information content (AvgIpc) is 2.51. The largest absolute Gasteiger partial charge is 0.278 e. The van der Waals surface area contributed by atoms with Gasteiger partial charge in [-0.15, -0.1) is 0 Å². The number of rotatable bonds is 3. The molecule has 70 valence electrons. The van der Waals surface area contributed by atoms with Crippen LogP contribution in [0.15, 0.2) is 36.6 Å². The van der Waals surface area contributed by atoms with E-state index in [2.05, 4.69) is 16.8 Å². The summed E-state index contributed by atoms with van der Waals surface area (Å²) in [4.78, 5) is 0. The van der Waals surface area contributed by atoms with Gasteiger partial charge in [0, 0.05) is 1.43 Å². The molecule has 2 heteroatoms. The van der Waals surface area contributed by atoms with Gasteiger partial charge >= 0.3 is 0 Å². The van der Waals surface area contributed by atoms with Crippen molar-refractivity contribution in [3.05, 3.63) is 47.8 Å². The predicted molar refractivity (Wildman–Crippen MR) is 58.4 cm³/mol. The number of aromatic amines is 1. The zero-order valence-corrected chi connectivity index (χ0v) is 8.04. The Morgan fingerprint density at radius 1 is 1.69 bits per heavy atom. The SMILES string of the molecule is C=CC(/C=C\C)=C\c1[nH]ncc1C.[HH]. The molecule has 0 aliphatic heterocycles. The van der Waals surface area contributed by atoms with Gasteiger partial charge in [-0.2, -0.15) is 5.10 Å². The maximum atomic E-state index is 3.94. The molecule has 1 aromatic heterocycles. The highest BCUT2D eigenvalue weighted by Crippen LogP contribution is 2.09. The highest BCUT2D eigenvalue weighted by molar-refractivity contribution is 5.58. The minimum atomic E-state index is 0. The van der Waals surface area contributed by atoms with Crippen molar-refractivity contribution in [2.24, 2.45) is 0 Å². The molecule has 0 radical (unpaired) electrons. The summed E-state index contributed by atoms with van der Waals surface area (Å²) >= 11 is 0. The summed E-state index contributed by atoms with van der Waals surface area (Å²) in [6.45, 7) is 7.74. The summed E-state index contributed by atoms with van der Waals surface area (Å²) in [6.07, 6.45) is 9.64. The van der Waals surface area contributed by atoms with Crippen LogP contribution in [-0.4, -0.2) is 10.2 Å². The standard InChI is InChI=1S/C11H14N2.H2/c1-4-6-10(5-2)7-11-9(3)8-12-13-11;/h4-8H,2H2,1,3H3,(H,12,13);1H/b6-4-,10-7+;. The quantitative estimate of drug-likeness (QED) is 0.704. The van der Waals surface area contributed by atoms with E-state index in [4.69, 9.17) is 0 Å². The fraction of sp³-hybridized carbons (Fsp3) is 0.182. The fourth-order valence-corrected chi connectivity index (χ4v) is 1.04. The molecule has 0 bridgehead atoms. The van der Waals surface area contributed by atoms with Gasteiger partial charge < -0.3 is 0 Å². The first-order valence-corrected chi connectivity index (χ1v) is 4.24. The number of nitrogens with zero attached hydrogens (tertiary/aromatic N) is 1. The van der Waals surface area contributed by atoms with E-state index in [0.29, 0.717) is 0 Å². The third-order valence-electron chi connectivity index (χ3n) is 1.77. The van der Waals surface area contributed by atoms with Crippen LogP contribution < -0.4 is 0 Å². The molecule has 1 N–H and O–H groups in total. The molecule has 0 spiro atoms. The molecule has 0 saturated carbocycles. The van der Waals surface area contributed by atoms with Crippen LogP contribution in [-0.2, 0) is 0 Å². The second-order valence-electron chi connectivity index (χ2n) is 2.82. The zero-order valence-electron chi connectivity index (χ0n) is 8.04. The van der Waals surface area contributed by atoms with Gasteiger partial charge in [-0.3, -0.25) is 5.10 Å². The van der Waals surface area contributed by atoms with E-state index in [9.17, 15) is 0 Å². The van der Waals surface area contributed by atoms with Crippen molar-refractivity contribution in [3.63, 3.8) is 0 Å². The summed E-state index contributed by atoms with van der Waals surface area (Å²) < 4.78 is 0. The van der Waals surface area contributed by atoms with Gasteiger partial charge in [0.05, 0.1) is 11.9 Å². The van der Waals surface area contributed by atoms with Gasteiger partial charge in [0.25, 0.3) is 0 Å². The lowest BCUT2D eigenvalue weighted by molar-refractivity contribution is 1.08. The molecule has 0 amide bonds. The lowest BCUT2D eigenvalue weighted by atomic mass is 10.1. The Bertz CT molecular complexity index is 348. The Labute approximate surface area is 80.2 Å². The summed E-state index contributed by atoms with van der Waals surface area (Å²) in [5, 5.41) is 6.86. The average molecular weight is 176 g/mol. The minimum absolute atomic E-state index is 0. The number of aromatic nitrogens is 2. The van der Waals surface area contributed by atoms with Crippen molar-refractivity contribution < 1.29 is 1.43 Å². The molecule has 1 heterocycles. The van der Waals surface area contributed by atoms with Crippen molar-refractivity contribution in [1.29, 1.82) is 0 Å². The van der Waals surface area contributed by atoms with Gasteiger partial charge in [0.1, 0.15) is 0 Å². The normalized spacial score (nSPS) is 12.3. The van der Waals surface area contributed by atoms with Crippen LogP contribution in [0, 0.1) is 6.92 Å². The number of H-pyrrole nitrogens is 1. The second-order valence-corrected chi connectivity index (χ2v) is 2.82. The first kappa shape index (κ1) is 9.52. The third-order valence-corrected chi connectivity index (χ3v) is 1.77. The lowest BCUT2D eigenvalue weighted by Crippen LogP contribution is -1.78. The van der Waals surface area contributed by atoms with Gasteiger partial charge in [0.15, 0.2) is 0 Å². The van der Waals surface area contributed by atoms with Gasteiger partial charge in [-0.05, 0) is 31.1 Å². The molecular weight excluding hydrogens is 160 g/mol. The Kier molecular flexibility index (Phi) is 3.26. The van der Waals surface area contributed by atoms with Crippen molar-refractivity contribution in [2.75, 3.05) is 0 Å². The van der Waals surface area contributed by atoms with E-state index in [1.165, 1.54) is 0 Å². The number of allylic oxidation sites excluding steroid dienone is 4. The third kappa shape index (κ3) is 2.44. The molecule has 0 unspecified atom stereocenters. The Hall–Kier alpha value is -1.57. The summed E-state index contributed by atoms with van der Waals surface area (Å²) in [6, 6.07) is 0. The Morgan fingerprint density at radius 3 is 2.92 bits per heavy atom. The molecule has 1 rings (SSSR count). The second kappa shape index (κ2) is 4.45. The van der Waals surface area contributed by atoms with Crippen LogP contribution in [0.3, 0.4) is 0 Å². The van der Waals surface area contributed by atoms with E-state index in [1.807, 2.05) is 44.3 Å². The molecule has 2 nitrogen and oxygen atoms in total. The maximum absolute atomic E-state index is 3.94. The van der Waals surface area contributed by atoms with Crippen molar-refractivity contribution in [2.45, 2.75) is 13.8 Å². The van der Waals surface area contributed by atoms with Crippen LogP contribution in [0.4, 0.5) is 0 Å². The smallest absolute Gasteiger partial charge is 0.0612 e. The molecule has 0 fully saturated rings.